The number of sulfonamides is 1. The van der Waals surface area contributed by atoms with Crippen LogP contribution in [0.5, 0.6) is 0 Å². The molecule has 4 aromatic rings. The molecule has 260 valence electrons. The van der Waals surface area contributed by atoms with Gasteiger partial charge in [-0.1, -0.05) is 54.6 Å². The lowest BCUT2D eigenvalue weighted by Gasteiger charge is -2.40. The molecule has 5 rings (SSSR count). The summed E-state index contributed by atoms with van der Waals surface area (Å²) in [5.41, 5.74) is -1.76. The molecular weight excluding hydrogens is 669 g/mol. The number of halogens is 3. The highest BCUT2D eigenvalue weighted by molar-refractivity contribution is 7.89. The van der Waals surface area contributed by atoms with Gasteiger partial charge in [-0.2, -0.15) is 18.4 Å². The summed E-state index contributed by atoms with van der Waals surface area (Å²) in [6.07, 6.45) is -4.58. The monoisotopic (exact) mass is 704 g/mol. The Morgan fingerprint density at radius 2 is 1.58 bits per heavy atom. The minimum absolute atomic E-state index is 0.113. The van der Waals surface area contributed by atoms with Crippen molar-refractivity contribution in [3.63, 3.8) is 0 Å². The van der Waals surface area contributed by atoms with E-state index in [-0.39, 0.29) is 48.8 Å². The zero-order valence-corrected chi connectivity index (χ0v) is 28.1. The standard InChI is InChI=1S/C37H35F3N4O5S/c1-43(2)50(48,49)32-15-12-26(13-16-32)28-10-6-7-25(21-28)23-36(47,30-17-19-44(20-18-30)34(45)27-8-4-3-5-9-27)35(46)42-31-14-11-29(24-41)33(22-31)37(38,39)40/h3-16,21-22,30,47H,17-20,23H2,1-2H3,(H,42,46). The molecule has 0 saturated carbocycles. The van der Waals surface area contributed by atoms with Crippen molar-refractivity contribution < 1.29 is 36.3 Å². The second-order valence-corrected chi connectivity index (χ2v) is 14.5. The minimum atomic E-state index is -4.85. The predicted molar refractivity (Wildman–Crippen MR) is 181 cm³/mol. The Hall–Kier alpha value is -5.03. The maximum absolute atomic E-state index is 14.0. The summed E-state index contributed by atoms with van der Waals surface area (Å²) in [7, 11) is -0.771. The average Bonchev–Trinajstić information content (AvgIpc) is 3.11. The highest BCUT2D eigenvalue weighted by Gasteiger charge is 2.46. The van der Waals surface area contributed by atoms with Gasteiger partial charge in [0.2, 0.25) is 10.0 Å². The van der Waals surface area contributed by atoms with Crippen LogP contribution in [-0.4, -0.2) is 67.3 Å². The molecule has 1 saturated heterocycles. The first-order chi connectivity index (χ1) is 23.6. The molecule has 1 unspecified atom stereocenters. The van der Waals surface area contributed by atoms with Crippen LogP contribution in [0.3, 0.4) is 0 Å². The summed E-state index contributed by atoms with van der Waals surface area (Å²) in [4.78, 5) is 28.8. The number of nitriles is 1. The molecule has 0 aromatic heterocycles. The van der Waals surface area contributed by atoms with Crippen LogP contribution in [0.15, 0.2) is 102 Å². The van der Waals surface area contributed by atoms with Gasteiger partial charge in [0.1, 0.15) is 5.60 Å². The molecule has 9 nitrogen and oxygen atoms in total. The first-order valence-corrected chi connectivity index (χ1v) is 17.2. The summed E-state index contributed by atoms with van der Waals surface area (Å²) >= 11 is 0. The number of aliphatic hydroxyl groups is 1. The molecule has 13 heteroatoms. The molecule has 0 spiro atoms. The fraction of sp³-hybridized carbons (Fsp3) is 0.270. The number of likely N-dealkylation sites (tertiary alicyclic amines) is 1. The van der Waals surface area contributed by atoms with Crippen LogP contribution >= 0.6 is 0 Å². The van der Waals surface area contributed by atoms with Gasteiger partial charge in [0, 0.05) is 50.8 Å². The van der Waals surface area contributed by atoms with E-state index in [1.165, 1.54) is 38.4 Å². The smallest absolute Gasteiger partial charge is 0.379 e. The average molecular weight is 705 g/mol. The Morgan fingerprint density at radius 3 is 2.18 bits per heavy atom. The van der Waals surface area contributed by atoms with Gasteiger partial charge in [-0.15, -0.1) is 0 Å². The number of hydrogen-bond acceptors (Lipinski definition) is 6. The number of hydrogen-bond donors (Lipinski definition) is 2. The summed E-state index contributed by atoms with van der Waals surface area (Å²) in [6.45, 7) is 0.483. The number of rotatable bonds is 9. The number of alkyl halides is 3. The van der Waals surface area contributed by atoms with Crippen LogP contribution in [0.4, 0.5) is 18.9 Å². The van der Waals surface area contributed by atoms with Crippen molar-refractivity contribution in [3.05, 3.63) is 119 Å². The molecule has 0 radical (unpaired) electrons. The summed E-state index contributed by atoms with van der Waals surface area (Å²) in [5.74, 6) is -1.79. The second-order valence-electron chi connectivity index (χ2n) is 12.4. The summed E-state index contributed by atoms with van der Waals surface area (Å²) in [6, 6.07) is 26.3. The Morgan fingerprint density at radius 1 is 0.920 bits per heavy atom. The topological polar surface area (TPSA) is 131 Å². The molecule has 1 fully saturated rings. The van der Waals surface area contributed by atoms with E-state index < -0.39 is 44.8 Å². The zero-order chi connectivity index (χ0) is 36.3. The number of piperidine rings is 1. The van der Waals surface area contributed by atoms with Crippen molar-refractivity contribution in [2.75, 3.05) is 32.5 Å². The van der Waals surface area contributed by atoms with Crippen molar-refractivity contribution in [3.8, 4) is 17.2 Å². The fourth-order valence-corrected chi connectivity index (χ4v) is 7.03. The van der Waals surface area contributed by atoms with E-state index in [2.05, 4.69) is 5.32 Å². The number of carbonyl (C=O) groups excluding carboxylic acids is 2. The molecule has 50 heavy (non-hydrogen) atoms. The van der Waals surface area contributed by atoms with Gasteiger partial charge in [-0.05, 0) is 72.0 Å². The Balaban J connectivity index is 1.44. The van der Waals surface area contributed by atoms with Gasteiger partial charge in [-0.25, -0.2) is 12.7 Å². The van der Waals surface area contributed by atoms with E-state index in [0.29, 0.717) is 28.3 Å². The molecule has 0 aliphatic carbocycles. The van der Waals surface area contributed by atoms with Crippen LogP contribution in [0.1, 0.15) is 39.9 Å². The molecule has 1 aliphatic heterocycles. The Kier molecular flexibility index (Phi) is 10.5. The third-order valence-electron chi connectivity index (χ3n) is 8.94. The molecule has 2 amide bonds. The number of carbonyl (C=O) groups is 2. The number of benzene rings is 4. The Labute approximate surface area is 288 Å². The number of amides is 2. The van der Waals surface area contributed by atoms with E-state index in [1.54, 1.807) is 71.6 Å². The first kappa shape index (κ1) is 36.3. The number of nitrogens with one attached hydrogen (secondary N) is 1. The van der Waals surface area contributed by atoms with Gasteiger partial charge in [0.05, 0.1) is 22.1 Å². The summed E-state index contributed by atoms with van der Waals surface area (Å²) < 4.78 is 67.3. The van der Waals surface area contributed by atoms with Crippen LogP contribution in [0, 0.1) is 17.2 Å². The maximum atomic E-state index is 14.0. The number of nitrogens with zero attached hydrogens (tertiary/aromatic N) is 3. The predicted octanol–water partition coefficient (Wildman–Crippen LogP) is 5.96. The largest absolute Gasteiger partial charge is 0.417 e. The van der Waals surface area contributed by atoms with Crippen molar-refractivity contribution >= 4 is 27.5 Å². The minimum Gasteiger partial charge on any atom is -0.379 e. The molecular formula is C37H35F3N4O5S. The van der Waals surface area contributed by atoms with E-state index in [1.807, 2.05) is 0 Å². The van der Waals surface area contributed by atoms with Crippen LogP contribution in [-0.2, 0) is 27.4 Å². The van der Waals surface area contributed by atoms with Crippen LogP contribution in [0.25, 0.3) is 11.1 Å². The molecule has 4 aromatic carbocycles. The van der Waals surface area contributed by atoms with Gasteiger partial charge < -0.3 is 15.3 Å². The van der Waals surface area contributed by atoms with Crippen molar-refractivity contribution in [1.29, 1.82) is 5.26 Å². The SMILES string of the molecule is CN(C)S(=O)(=O)c1ccc(-c2cccc(CC(O)(C(=O)Nc3ccc(C#N)c(C(F)(F)F)c3)C3CCN(C(=O)c4ccccc4)CC3)c2)cc1. The summed E-state index contributed by atoms with van der Waals surface area (Å²) in [5, 5.41) is 23.9. The van der Waals surface area contributed by atoms with Crippen LogP contribution < -0.4 is 5.32 Å². The Bertz CT molecular complexity index is 2020. The lowest BCUT2D eigenvalue weighted by atomic mass is 9.75. The second kappa shape index (κ2) is 14.4. The number of anilines is 1. The molecule has 2 N–H and O–H groups in total. The van der Waals surface area contributed by atoms with E-state index in [9.17, 15) is 41.5 Å². The normalized spacial score (nSPS) is 15.3. The molecule has 1 atom stereocenters. The first-order valence-electron chi connectivity index (χ1n) is 15.7. The maximum Gasteiger partial charge on any atom is 0.417 e. The van der Waals surface area contributed by atoms with Crippen molar-refractivity contribution in [2.45, 2.75) is 35.9 Å². The third-order valence-corrected chi connectivity index (χ3v) is 10.8. The highest BCUT2D eigenvalue weighted by atomic mass is 32.2. The molecule has 1 aliphatic rings. The third kappa shape index (κ3) is 7.73. The quantitative estimate of drug-likeness (QED) is 0.221. The van der Waals surface area contributed by atoms with Gasteiger partial charge >= 0.3 is 6.18 Å². The van der Waals surface area contributed by atoms with Gasteiger partial charge in [-0.3, -0.25) is 9.59 Å². The van der Waals surface area contributed by atoms with E-state index >= 15 is 0 Å². The molecule has 1 heterocycles. The lowest BCUT2D eigenvalue weighted by Crippen LogP contribution is -2.54. The highest BCUT2D eigenvalue weighted by Crippen LogP contribution is 2.37. The van der Waals surface area contributed by atoms with Crippen LogP contribution in [0.2, 0.25) is 0 Å². The van der Waals surface area contributed by atoms with E-state index in [4.69, 9.17) is 0 Å². The zero-order valence-electron chi connectivity index (χ0n) is 27.3. The molecule has 0 bridgehead atoms. The van der Waals surface area contributed by atoms with Gasteiger partial charge in [0.15, 0.2) is 0 Å². The lowest BCUT2D eigenvalue weighted by molar-refractivity contribution is -0.142. The van der Waals surface area contributed by atoms with E-state index in [0.717, 1.165) is 10.4 Å². The van der Waals surface area contributed by atoms with Gasteiger partial charge in [0.25, 0.3) is 11.8 Å². The van der Waals surface area contributed by atoms with Crippen molar-refractivity contribution in [2.24, 2.45) is 5.92 Å². The van der Waals surface area contributed by atoms with Crippen molar-refractivity contribution in [1.82, 2.24) is 9.21 Å². The fourth-order valence-electron chi connectivity index (χ4n) is 6.13.